The van der Waals surface area contributed by atoms with E-state index < -0.39 is 29.9 Å². The lowest BCUT2D eigenvalue weighted by molar-refractivity contribution is -0.185. The number of hydrogen-bond donors (Lipinski definition) is 1. The Morgan fingerprint density at radius 2 is 1.69 bits per heavy atom. The fourth-order valence-corrected chi connectivity index (χ4v) is 6.72. The zero-order valence-corrected chi connectivity index (χ0v) is 23.5. The molecule has 1 aliphatic heterocycles. The lowest BCUT2D eigenvalue weighted by Gasteiger charge is -2.32. The van der Waals surface area contributed by atoms with Crippen LogP contribution in [0.4, 0.5) is 26.3 Å². The number of ether oxygens (including phenoxy) is 2. The summed E-state index contributed by atoms with van der Waals surface area (Å²) in [5.74, 6) is -2.45. The highest BCUT2D eigenvalue weighted by atomic mass is 32.1. The zero-order valence-electron chi connectivity index (χ0n) is 22.7. The number of hydrogen-bond acceptors (Lipinski definition) is 8. The van der Waals surface area contributed by atoms with Gasteiger partial charge < -0.3 is 9.47 Å². The first kappa shape index (κ1) is 30.4. The summed E-state index contributed by atoms with van der Waals surface area (Å²) in [4.78, 5) is 21.3. The minimum absolute atomic E-state index is 0.0106. The number of thiazole rings is 1. The van der Waals surface area contributed by atoms with Gasteiger partial charge >= 0.3 is 18.1 Å². The van der Waals surface area contributed by atoms with Crippen molar-refractivity contribution >= 4 is 11.3 Å². The van der Waals surface area contributed by atoms with Crippen LogP contribution in [-0.2, 0) is 13.2 Å². The van der Waals surface area contributed by atoms with Crippen LogP contribution in [0.1, 0.15) is 60.0 Å². The van der Waals surface area contributed by atoms with E-state index in [4.69, 9.17) is 14.5 Å². The lowest BCUT2D eigenvalue weighted by atomic mass is 9.82. The third-order valence-electron chi connectivity index (χ3n) is 8.00. The molecule has 0 bridgehead atoms. The number of nitrogens with zero attached hydrogens (tertiary/aromatic N) is 3. The van der Waals surface area contributed by atoms with Gasteiger partial charge in [-0.2, -0.15) is 26.3 Å². The predicted molar refractivity (Wildman–Crippen MR) is 140 cm³/mol. The second-order valence-corrected chi connectivity index (χ2v) is 11.8. The molecule has 0 unspecified atom stereocenters. The van der Waals surface area contributed by atoms with Gasteiger partial charge in [-0.3, -0.25) is 14.4 Å². The summed E-state index contributed by atoms with van der Waals surface area (Å²) in [7, 11) is 1.45. The van der Waals surface area contributed by atoms with Crippen LogP contribution in [0.3, 0.4) is 0 Å². The highest BCUT2D eigenvalue weighted by Gasteiger charge is 2.43. The molecule has 1 N–H and O–H groups in total. The van der Waals surface area contributed by atoms with E-state index in [0.29, 0.717) is 42.1 Å². The Morgan fingerprint density at radius 1 is 1.02 bits per heavy atom. The maximum Gasteiger partial charge on any atom is 0.439 e. The third kappa shape index (κ3) is 7.10. The van der Waals surface area contributed by atoms with Gasteiger partial charge in [-0.1, -0.05) is 5.16 Å². The van der Waals surface area contributed by atoms with Crippen molar-refractivity contribution in [3.63, 3.8) is 0 Å². The van der Waals surface area contributed by atoms with Gasteiger partial charge in [-0.25, -0.2) is 9.78 Å². The number of likely N-dealkylation sites (tertiary alicyclic amines) is 1. The smallest absolute Gasteiger partial charge is 0.439 e. The van der Waals surface area contributed by atoms with Crippen LogP contribution in [0.5, 0.6) is 11.5 Å². The van der Waals surface area contributed by atoms with E-state index in [1.165, 1.54) is 18.4 Å². The number of rotatable bonds is 8. The first-order chi connectivity index (χ1) is 19.9. The van der Waals surface area contributed by atoms with Gasteiger partial charge in [-0.15, -0.1) is 11.3 Å². The van der Waals surface area contributed by atoms with Gasteiger partial charge in [0.15, 0.2) is 5.82 Å². The number of methoxy groups -OCH3 is 1. The molecule has 5 rings (SSSR count). The number of halogens is 6. The average Bonchev–Trinajstić information content (AvgIpc) is 3.57. The Kier molecular flexibility index (Phi) is 8.88. The number of benzene rings is 1. The summed E-state index contributed by atoms with van der Waals surface area (Å²) >= 11 is 1.38. The Hall–Kier alpha value is -3.07. The molecule has 42 heavy (non-hydrogen) atoms. The summed E-state index contributed by atoms with van der Waals surface area (Å²) < 4.78 is 95.1. The van der Waals surface area contributed by atoms with Crippen LogP contribution in [0, 0.1) is 11.8 Å². The van der Waals surface area contributed by atoms with Crippen molar-refractivity contribution < 1.29 is 40.3 Å². The van der Waals surface area contributed by atoms with Crippen molar-refractivity contribution in [3.05, 3.63) is 44.3 Å². The van der Waals surface area contributed by atoms with Crippen molar-refractivity contribution in [2.45, 2.75) is 69.9 Å². The average molecular weight is 621 g/mol. The number of alkyl halides is 6. The molecule has 230 valence electrons. The predicted octanol–water partition coefficient (Wildman–Crippen LogP) is 6.68. The van der Waals surface area contributed by atoms with Gasteiger partial charge in [0.05, 0.1) is 40.1 Å². The monoisotopic (exact) mass is 620 g/mol. The molecular weight excluding hydrogens is 590 g/mol. The standard InChI is InChI=1S/C27H30F6N4O4S/c1-39-21-12-18(6-7-19(21)23-35-25(38)41-36-23)40-14-22-20(13-37-10-8-17(9-11-37)27(31,32)33)34-24(42-22)15-2-4-16(5-3-15)26(28,29)30/h6-7,12,15-17H,2-5,8-11,13-14H2,1H3,(H,35,36,38)/t15-,16-. The molecule has 8 nitrogen and oxygen atoms in total. The fraction of sp³-hybridized carbons (Fsp3) is 0.593. The molecule has 3 heterocycles. The topological polar surface area (TPSA) is 93.5 Å². The summed E-state index contributed by atoms with van der Waals surface area (Å²) in [6, 6.07) is 4.92. The molecular formula is C27H30F6N4O4S. The number of aromatic nitrogens is 3. The maximum absolute atomic E-state index is 13.2. The minimum Gasteiger partial charge on any atom is -0.496 e. The first-order valence-corrected chi connectivity index (χ1v) is 14.4. The largest absolute Gasteiger partial charge is 0.496 e. The first-order valence-electron chi connectivity index (χ1n) is 13.6. The molecule has 0 radical (unpaired) electrons. The van der Waals surface area contributed by atoms with Crippen molar-refractivity contribution in [1.29, 1.82) is 0 Å². The highest BCUT2D eigenvalue weighted by molar-refractivity contribution is 7.11. The van der Waals surface area contributed by atoms with Crippen LogP contribution >= 0.6 is 11.3 Å². The molecule has 0 spiro atoms. The second-order valence-electron chi connectivity index (χ2n) is 10.7. The molecule has 1 saturated heterocycles. The Labute approximate surface area is 241 Å². The Balaban J connectivity index is 1.32. The lowest BCUT2D eigenvalue weighted by Crippen LogP contribution is -2.38. The zero-order chi connectivity index (χ0) is 30.1. The van der Waals surface area contributed by atoms with E-state index in [1.54, 1.807) is 18.2 Å². The van der Waals surface area contributed by atoms with E-state index in [-0.39, 0.29) is 57.1 Å². The summed E-state index contributed by atoms with van der Waals surface area (Å²) in [5, 5.41) is 4.40. The fourth-order valence-electron chi connectivity index (χ4n) is 5.56. The van der Waals surface area contributed by atoms with Crippen LogP contribution in [0.25, 0.3) is 11.4 Å². The number of H-pyrrole nitrogens is 1. The van der Waals surface area contributed by atoms with Crippen molar-refractivity contribution in [3.8, 4) is 22.9 Å². The Bertz CT molecular complexity index is 1400. The Morgan fingerprint density at radius 3 is 2.29 bits per heavy atom. The van der Waals surface area contributed by atoms with Crippen molar-refractivity contribution in [2.24, 2.45) is 11.8 Å². The number of piperidine rings is 1. The van der Waals surface area contributed by atoms with Crippen LogP contribution in [0.2, 0.25) is 0 Å². The highest BCUT2D eigenvalue weighted by Crippen LogP contribution is 2.44. The molecule has 1 saturated carbocycles. The van der Waals surface area contributed by atoms with Crippen LogP contribution in [0.15, 0.2) is 27.5 Å². The molecule has 2 aliphatic rings. The molecule has 2 fully saturated rings. The normalized spacial score (nSPS) is 21.0. The summed E-state index contributed by atoms with van der Waals surface area (Å²) in [6.07, 6.45) is -7.57. The quantitative estimate of drug-likeness (QED) is 0.281. The molecule has 0 amide bonds. The van der Waals surface area contributed by atoms with Crippen LogP contribution in [-0.4, -0.2) is 52.6 Å². The van der Waals surface area contributed by atoms with E-state index in [0.717, 1.165) is 9.88 Å². The minimum atomic E-state index is -4.21. The van der Waals surface area contributed by atoms with Crippen molar-refractivity contribution in [1.82, 2.24) is 20.0 Å². The van der Waals surface area contributed by atoms with E-state index in [2.05, 4.69) is 14.7 Å². The van der Waals surface area contributed by atoms with E-state index >= 15 is 0 Å². The third-order valence-corrected chi connectivity index (χ3v) is 9.23. The van der Waals surface area contributed by atoms with Crippen LogP contribution < -0.4 is 15.2 Å². The van der Waals surface area contributed by atoms with Gasteiger partial charge in [0, 0.05) is 18.5 Å². The van der Waals surface area contributed by atoms with Gasteiger partial charge in [-0.05, 0) is 63.7 Å². The van der Waals surface area contributed by atoms with E-state index in [1.807, 2.05) is 4.90 Å². The maximum atomic E-state index is 13.2. The van der Waals surface area contributed by atoms with E-state index in [9.17, 15) is 31.1 Å². The molecule has 3 aromatic rings. The van der Waals surface area contributed by atoms with Crippen molar-refractivity contribution in [2.75, 3.05) is 20.2 Å². The molecule has 1 aromatic carbocycles. The number of aromatic amines is 1. The van der Waals surface area contributed by atoms with Gasteiger partial charge in [0.2, 0.25) is 0 Å². The van der Waals surface area contributed by atoms with Gasteiger partial charge in [0.1, 0.15) is 18.1 Å². The number of nitrogens with one attached hydrogen (secondary N) is 1. The van der Waals surface area contributed by atoms with Gasteiger partial charge in [0.25, 0.3) is 0 Å². The SMILES string of the molecule is COc1cc(OCc2sc([C@H]3CC[C@H](C(F)(F)F)CC3)nc2CN2CCC(C(F)(F)F)CC2)ccc1-c1noc(=O)[nH]1. The summed E-state index contributed by atoms with van der Waals surface area (Å²) in [6.45, 7) is 0.986. The molecule has 0 atom stereocenters. The summed E-state index contributed by atoms with van der Waals surface area (Å²) in [5.41, 5.74) is 1.15. The molecule has 15 heteroatoms. The second kappa shape index (κ2) is 12.3. The molecule has 1 aliphatic carbocycles. The molecule has 2 aromatic heterocycles.